The largest absolute Gasteiger partial charge is 0.496 e. The molecular formula is C27H19NO2S2. The molecule has 2 unspecified atom stereocenters. The summed E-state index contributed by atoms with van der Waals surface area (Å²) >= 11 is 6.84. The molecular weight excluding hydrogens is 434 g/mol. The van der Waals surface area contributed by atoms with Crippen molar-refractivity contribution >= 4 is 45.0 Å². The highest BCUT2D eigenvalue weighted by Gasteiger charge is 2.57. The first kappa shape index (κ1) is 19.5. The van der Waals surface area contributed by atoms with Crippen LogP contribution in [0.2, 0.25) is 0 Å². The van der Waals surface area contributed by atoms with Gasteiger partial charge in [-0.25, -0.2) is 0 Å². The smallest absolute Gasteiger partial charge is 0.244 e. The van der Waals surface area contributed by atoms with E-state index in [-0.39, 0.29) is 17.2 Å². The van der Waals surface area contributed by atoms with Gasteiger partial charge in [0.05, 0.1) is 13.2 Å². The van der Waals surface area contributed by atoms with E-state index in [0.29, 0.717) is 4.32 Å². The molecule has 3 aliphatic heterocycles. The number of thioether (sulfide) groups is 1. The van der Waals surface area contributed by atoms with E-state index in [0.717, 1.165) is 33.6 Å². The Labute approximate surface area is 196 Å². The predicted molar refractivity (Wildman–Crippen MR) is 135 cm³/mol. The Kier molecular flexibility index (Phi) is 4.56. The zero-order valence-corrected chi connectivity index (χ0v) is 19.0. The second-order valence-corrected chi connectivity index (χ2v) is 9.84. The van der Waals surface area contributed by atoms with Gasteiger partial charge in [-0.2, -0.15) is 0 Å². The lowest BCUT2D eigenvalue weighted by molar-refractivity contribution is -0.136. The van der Waals surface area contributed by atoms with Crippen molar-refractivity contribution in [1.82, 2.24) is 4.90 Å². The van der Waals surface area contributed by atoms with Crippen LogP contribution in [0.5, 0.6) is 5.75 Å². The lowest BCUT2D eigenvalue weighted by atomic mass is 9.91. The number of rotatable bonds is 4. The SMILES string of the molecule is COc1ccc(-c2ccc3cc(C4C5SC(=S)N4C5=O)ccc3c2)cc1-c1ccccc1. The van der Waals surface area contributed by atoms with Crippen LogP contribution in [0, 0.1) is 0 Å². The summed E-state index contributed by atoms with van der Waals surface area (Å²) in [6.07, 6.45) is 0. The second kappa shape index (κ2) is 7.47. The van der Waals surface area contributed by atoms with Gasteiger partial charge in [-0.1, -0.05) is 84.6 Å². The number of hydrogen-bond acceptors (Lipinski definition) is 4. The van der Waals surface area contributed by atoms with Crippen molar-refractivity contribution in [2.24, 2.45) is 0 Å². The van der Waals surface area contributed by atoms with Crippen molar-refractivity contribution in [2.75, 3.05) is 7.11 Å². The average Bonchev–Trinajstić information content (AvgIpc) is 3.35. The van der Waals surface area contributed by atoms with Gasteiger partial charge in [0.1, 0.15) is 15.3 Å². The van der Waals surface area contributed by atoms with E-state index in [4.69, 9.17) is 17.0 Å². The van der Waals surface area contributed by atoms with E-state index in [1.165, 1.54) is 22.5 Å². The number of fused-ring (bicyclic) bond motifs is 2. The molecule has 3 saturated heterocycles. The third-order valence-corrected chi connectivity index (χ3v) is 7.89. The minimum atomic E-state index is -0.0464. The van der Waals surface area contributed by atoms with Crippen LogP contribution < -0.4 is 4.74 Å². The first-order chi connectivity index (χ1) is 15.6. The summed E-state index contributed by atoms with van der Waals surface area (Å²) in [5, 5.41) is 2.29. The number of carbonyl (C=O) groups is 1. The molecule has 3 aliphatic rings. The van der Waals surface area contributed by atoms with E-state index >= 15 is 0 Å². The second-order valence-electron chi connectivity index (χ2n) is 8.06. The number of thiocarbonyl (C=S) groups is 1. The molecule has 2 bridgehead atoms. The molecule has 0 spiro atoms. The summed E-state index contributed by atoms with van der Waals surface area (Å²) in [5.74, 6) is 1.01. The number of ether oxygens (including phenoxy) is 1. The quantitative estimate of drug-likeness (QED) is 0.262. The lowest BCUT2D eigenvalue weighted by Crippen LogP contribution is -2.50. The molecule has 4 aromatic carbocycles. The molecule has 4 aromatic rings. The molecule has 2 atom stereocenters. The van der Waals surface area contributed by atoms with Gasteiger partial charge in [0, 0.05) is 5.56 Å². The Hall–Kier alpha value is -3.15. The van der Waals surface area contributed by atoms with Gasteiger partial charge in [0.25, 0.3) is 0 Å². The molecule has 0 radical (unpaired) electrons. The van der Waals surface area contributed by atoms with Gasteiger partial charge in [-0.3, -0.25) is 9.69 Å². The molecule has 3 nitrogen and oxygen atoms in total. The number of β-lactam (4-membered cyclic amide) rings is 1. The van der Waals surface area contributed by atoms with Crippen LogP contribution >= 0.6 is 24.0 Å². The maximum Gasteiger partial charge on any atom is 0.244 e. The van der Waals surface area contributed by atoms with Crippen LogP contribution in [0.1, 0.15) is 11.6 Å². The number of benzene rings is 4. The van der Waals surface area contributed by atoms with E-state index in [1.807, 2.05) is 24.3 Å². The fraction of sp³-hybridized carbons (Fsp3) is 0.111. The number of nitrogens with zero attached hydrogens (tertiary/aromatic N) is 1. The van der Waals surface area contributed by atoms with Gasteiger partial charge in [0.2, 0.25) is 5.91 Å². The first-order valence-corrected chi connectivity index (χ1v) is 11.7. The summed E-state index contributed by atoms with van der Waals surface area (Å²) in [5.41, 5.74) is 5.66. The van der Waals surface area contributed by atoms with Gasteiger partial charge < -0.3 is 4.74 Å². The Morgan fingerprint density at radius 3 is 2.28 bits per heavy atom. The Balaban J connectivity index is 1.37. The fourth-order valence-electron chi connectivity index (χ4n) is 4.63. The van der Waals surface area contributed by atoms with Crippen LogP contribution in [0.25, 0.3) is 33.0 Å². The van der Waals surface area contributed by atoms with Crippen molar-refractivity contribution < 1.29 is 9.53 Å². The highest BCUT2D eigenvalue weighted by atomic mass is 32.2. The van der Waals surface area contributed by atoms with Crippen molar-refractivity contribution in [3.8, 4) is 28.0 Å². The molecule has 7 rings (SSSR count). The van der Waals surface area contributed by atoms with E-state index in [2.05, 4.69) is 60.7 Å². The van der Waals surface area contributed by atoms with Gasteiger partial charge >= 0.3 is 0 Å². The molecule has 3 heterocycles. The standard InChI is InChI=1S/C27H19NO2S2/c1-30-23-12-11-20(15-22(23)16-5-3-2-4-6-16)18-7-8-19-14-21(10-9-17(19)13-18)24-25-26(29)28(24)27(31)32-25/h2-15,24-25H,1H3. The Morgan fingerprint density at radius 1 is 0.844 bits per heavy atom. The third-order valence-electron chi connectivity index (χ3n) is 6.29. The van der Waals surface area contributed by atoms with E-state index in [9.17, 15) is 4.79 Å². The van der Waals surface area contributed by atoms with Crippen LogP contribution in [0.3, 0.4) is 0 Å². The highest BCUT2D eigenvalue weighted by molar-refractivity contribution is 8.24. The molecule has 32 heavy (non-hydrogen) atoms. The zero-order chi connectivity index (χ0) is 21.8. The van der Waals surface area contributed by atoms with Crippen LogP contribution in [-0.2, 0) is 4.79 Å². The average molecular weight is 454 g/mol. The Bertz CT molecular complexity index is 1390. The van der Waals surface area contributed by atoms with E-state index in [1.54, 1.807) is 12.0 Å². The minimum absolute atomic E-state index is 0.0464. The fourth-order valence-corrected chi connectivity index (χ4v) is 6.30. The number of carbonyl (C=O) groups excluding carboxylic acids is 1. The van der Waals surface area contributed by atoms with Crippen LogP contribution in [0.4, 0.5) is 0 Å². The van der Waals surface area contributed by atoms with Crippen molar-refractivity contribution in [3.05, 3.63) is 90.5 Å². The van der Waals surface area contributed by atoms with Gasteiger partial charge in [-0.05, 0) is 57.3 Å². The van der Waals surface area contributed by atoms with Crippen molar-refractivity contribution in [1.29, 1.82) is 0 Å². The van der Waals surface area contributed by atoms with Crippen LogP contribution in [-0.4, -0.2) is 27.5 Å². The summed E-state index contributed by atoms with van der Waals surface area (Å²) in [6, 6.07) is 29.7. The van der Waals surface area contributed by atoms with E-state index < -0.39 is 0 Å². The molecule has 3 fully saturated rings. The van der Waals surface area contributed by atoms with Gasteiger partial charge in [0.15, 0.2) is 0 Å². The summed E-state index contributed by atoms with van der Waals surface area (Å²) < 4.78 is 6.31. The Morgan fingerprint density at radius 2 is 1.56 bits per heavy atom. The zero-order valence-electron chi connectivity index (χ0n) is 17.3. The normalized spacial score (nSPS) is 19.3. The van der Waals surface area contributed by atoms with Crippen LogP contribution in [0.15, 0.2) is 84.9 Å². The minimum Gasteiger partial charge on any atom is -0.496 e. The number of hydrogen-bond donors (Lipinski definition) is 0. The van der Waals surface area contributed by atoms with Gasteiger partial charge in [-0.15, -0.1) is 0 Å². The lowest BCUT2D eigenvalue weighted by Gasteiger charge is -2.36. The summed E-state index contributed by atoms with van der Waals surface area (Å²) in [4.78, 5) is 13.8. The monoisotopic (exact) mass is 453 g/mol. The molecule has 0 aromatic heterocycles. The number of methoxy groups -OCH3 is 1. The number of amides is 1. The predicted octanol–water partition coefficient (Wildman–Crippen LogP) is 6.47. The highest BCUT2D eigenvalue weighted by Crippen LogP contribution is 2.52. The van der Waals surface area contributed by atoms with Crippen molar-refractivity contribution in [3.63, 3.8) is 0 Å². The molecule has 0 saturated carbocycles. The maximum absolute atomic E-state index is 12.1. The summed E-state index contributed by atoms with van der Waals surface area (Å²) in [7, 11) is 1.71. The molecule has 156 valence electrons. The van der Waals surface area contributed by atoms with Crippen molar-refractivity contribution in [2.45, 2.75) is 11.3 Å². The third kappa shape index (κ3) is 2.96. The molecule has 1 amide bonds. The topological polar surface area (TPSA) is 29.5 Å². The first-order valence-electron chi connectivity index (χ1n) is 10.5. The molecule has 0 N–H and O–H groups in total. The summed E-state index contributed by atoms with van der Waals surface area (Å²) in [6.45, 7) is 0. The molecule has 0 aliphatic carbocycles. The molecule has 5 heteroatoms. The maximum atomic E-state index is 12.1.